The number of hydrogen-bond donors (Lipinski definition) is 1. The molecule has 0 aliphatic rings. The highest BCUT2D eigenvalue weighted by Crippen LogP contribution is 2.17. The molecule has 2 aromatic carbocycles. The highest BCUT2D eigenvalue weighted by Gasteiger charge is 2.22. The first kappa shape index (κ1) is 20.6. The lowest BCUT2D eigenvalue weighted by atomic mass is 10.2. The van der Waals surface area contributed by atoms with Crippen LogP contribution in [0.3, 0.4) is 0 Å². The van der Waals surface area contributed by atoms with E-state index in [1.807, 2.05) is 60.0 Å². The maximum Gasteiger partial charge on any atom is 0.356 e. The Bertz CT molecular complexity index is 924. The predicted octanol–water partition coefficient (Wildman–Crippen LogP) is -0.534. The first-order valence-corrected chi connectivity index (χ1v) is 8.71. The highest BCUT2D eigenvalue weighted by atomic mass is 35.5. The number of carbonyl (C=O) groups is 1. The Hall–Kier alpha value is -2.73. The summed E-state index contributed by atoms with van der Waals surface area (Å²) in [7, 11) is 0. The third kappa shape index (κ3) is 4.71. The lowest BCUT2D eigenvalue weighted by Gasteiger charge is -2.07. The molecule has 1 aromatic heterocycles. The highest BCUT2D eigenvalue weighted by molar-refractivity contribution is 5.75. The Labute approximate surface area is 164 Å². The van der Waals surface area contributed by atoms with E-state index >= 15 is 0 Å². The smallest absolute Gasteiger partial charge is 0.356 e. The van der Waals surface area contributed by atoms with Crippen LogP contribution < -0.4 is 27.4 Å². The lowest BCUT2D eigenvalue weighted by Crippen LogP contribution is -3.00. The molecule has 0 saturated carbocycles. The number of aryl methyl sites for hydroxylation is 1. The van der Waals surface area contributed by atoms with Gasteiger partial charge in [-0.2, -0.15) is 0 Å². The van der Waals surface area contributed by atoms with Gasteiger partial charge in [-0.15, -0.1) is 0 Å². The molecule has 1 heterocycles. The average Bonchev–Trinajstić information content (AvgIpc) is 2.88. The summed E-state index contributed by atoms with van der Waals surface area (Å²) in [5, 5.41) is 0. The van der Waals surface area contributed by atoms with Crippen molar-refractivity contribution in [3.05, 3.63) is 54.1 Å². The third-order valence-corrected chi connectivity index (χ3v) is 4.18. The van der Waals surface area contributed by atoms with E-state index in [2.05, 4.69) is 0 Å². The zero-order chi connectivity index (χ0) is 18.5. The molecule has 144 valence electrons. The number of halogens is 1. The molecule has 0 fully saturated rings. The predicted molar refractivity (Wildman–Crippen MR) is 99.9 cm³/mol. The molecule has 27 heavy (non-hydrogen) atoms. The summed E-state index contributed by atoms with van der Waals surface area (Å²) >= 11 is 0. The van der Waals surface area contributed by atoms with Crippen LogP contribution in [0, 0.1) is 6.92 Å². The number of anilines is 1. The van der Waals surface area contributed by atoms with Crippen LogP contribution in [-0.4, -0.2) is 23.8 Å². The first-order chi connectivity index (χ1) is 12.6. The van der Waals surface area contributed by atoms with Crippen LogP contribution in [0.25, 0.3) is 11.0 Å². The van der Waals surface area contributed by atoms with Gasteiger partial charge in [0, 0.05) is 0 Å². The largest absolute Gasteiger partial charge is 1.00 e. The molecule has 0 unspecified atom stereocenters. The van der Waals surface area contributed by atoms with Crippen LogP contribution in [0.5, 0.6) is 5.75 Å². The van der Waals surface area contributed by atoms with Crippen molar-refractivity contribution in [2.24, 2.45) is 0 Å². The molecule has 7 heteroatoms. The van der Waals surface area contributed by atoms with Crippen molar-refractivity contribution < 1.29 is 31.2 Å². The number of nitrogens with two attached hydrogens (primary N) is 1. The molecule has 3 aromatic rings. The molecule has 0 amide bonds. The standard InChI is InChI=1S/C20H23N3O3.ClH/c1-3-25-19(24)14-23-18-10-5-4-9-17(18)22(20(23)21)11-12-26-16-8-6-7-15(2)13-16;/h4-10,13,21H,3,11-12,14H2,1-2H3;1H. The van der Waals surface area contributed by atoms with E-state index in [-0.39, 0.29) is 24.9 Å². The maximum absolute atomic E-state index is 11.9. The Balaban J connectivity index is 0.00000261. The summed E-state index contributed by atoms with van der Waals surface area (Å²) in [4.78, 5) is 11.9. The number of nitrogens with zero attached hydrogens (tertiary/aromatic N) is 2. The normalized spacial score (nSPS) is 10.4. The van der Waals surface area contributed by atoms with Crippen LogP contribution in [0.4, 0.5) is 5.95 Å². The van der Waals surface area contributed by atoms with Gasteiger partial charge in [-0.1, -0.05) is 24.3 Å². The van der Waals surface area contributed by atoms with Gasteiger partial charge in [-0.05, 0) is 43.7 Å². The van der Waals surface area contributed by atoms with Crippen LogP contribution in [0.2, 0.25) is 0 Å². The molecule has 3 rings (SSSR count). The fourth-order valence-corrected chi connectivity index (χ4v) is 3.01. The number of benzene rings is 2. The zero-order valence-electron chi connectivity index (χ0n) is 15.5. The van der Waals surface area contributed by atoms with Gasteiger partial charge >= 0.3 is 11.9 Å². The summed E-state index contributed by atoms with van der Waals surface area (Å²) in [6.45, 7) is 5.32. The number of hydrogen-bond acceptors (Lipinski definition) is 4. The van der Waals surface area contributed by atoms with Crippen molar-refractivity contribution in [3.63, 3.8) is 0 Å². The molecule has 6 nitrogen and oxygen atoms in total. The fraction of sp³-hybridized carbons (Fsp3) is 0.300. The minimum atomic E-state index is -0.303. The average molecular weight is 390 g/mol. The molecule has 0 bridgehead atoms. The number of ether oxygens (including phenoxy) is 2. The van der Waals surface area contributed by atoms with E-state index < -0.39 is 0 Å². The van der Waals surface area contributed by atoms with Gasteiger partial charge < -0.3 is 21.9 Å². The molecule has 0 aliphatic carbocycles. The van der Waals surface area contributed by atoms with Gasteiger partial charge in [0.1, 0.15) is 29.9 Å². The molecular weight excluding hydrogens is 366 g/mol. The summed E-state index contributed by atoms with van der Waals surface area (Å²) in [5.74, 6) is 1.04. The second-order valence-electron chi connectivity index (χ2n) is 6.05. The monoisotopic (exact) mass is 389 g/mol. The Kier molecular flexibility index (Phi) is 7.07. The minimum Gasteiger partial charge on any atom is -1.00 e. The quantitative estimate of drug-likeness (QED) is 0.435. The van der Waals surface area contributed by atoms with Crippen molar-refractivity contribution in [2.75, 3.05) is 18.9 Å². The zero-order valence-corrected chi connectivity index (χ0v) is 16.3. The van der Waals surface area contributed by atoms with E-state index in [9.17, 15) is 4.79 Å². The lowest BCUT2D eigenvalue weighted by molar-refractivity contribution is -0.646. The number of rotatable bonds is 7. The van der Waals surface area contributed by atoms with E-state index in [4.69, 9.17) is 15.2 Å². The molecule has 0 saturated heterocycles. The van der Waals surface area contributed by atoms with E-state index in [0.717, 1.165) is 22.3 Å². The topological polar surface area (TPSA) is 70.4 Å². The number of esters is 1. The SMILES string of the molecule is CCOC(=O)C[n+]1c(N)n(CCOc2cccc(C)c2)c2ccccc21.[Cl-]. The Morgan fingerprint density at radius 3 is 2.70 bits per heavy atom. The Morgan fingerprint density at radius 1 is 1.19 bits per heavy atom. The number of carbonyl (C=O) groups excluding carboxylic acids is 1. The molecule has 0 aliphatic heterocycles. The van der Waals surface area contributed by atoms with Crippen molar-refractivity contribution in [1.82, 2.24) is 4.57 Å². The summed E-state index contributed by atoms with van der Waals surface area (Å²) in [5.41, 5.74) is 9.34. The van der Waals surface area contributed by atoms with Gasteiger partial charge in [0.25, 0.3) is 0 Å². The fourth-order valence-electron chi connectivity index (χ4n) is 3.01. The second-order valence-corrected chi connectivity index (χ2v) is 6.05. The second kappa shape index (κ2) is 9.28. The number of para-hydroxylation sites is 2. The summed E-state index contributed by atoms with van der Waals surface area (Å²) in [6.07, 6.45) is 0. The van der Waals surface area contributed by atoms with Gasteiger partial charge in [0.05, 0.1) is 6.61 Å². The molecule has 0 spiro atoms. The van der Waals surface area contributed by atoms with Crippen molar-refractivity contribution >= 4 is 23.0 Å². The van der Waals surface area contributed by atoms with Gasteiger partial charge in [0.15, 0.2) is 6.54 Å². The molecule has 0 radical (unpaired) electrons. The van der Waals surface area contributed by atoms with Crippen molar-refractivity contribution in [2.45, 2.75) is 26.9 Å². The van der Waals surface area contributed by atoms with Gasteiger partial charge in [-0.3, -0.25) is 5.73 Å². The van der Waals surface area contributed by atoms with Crippen LogP contribution >= 0.6 is 0 Å². The Morgan fingerprint density at radius 2 is 1.96 bits per heavy atom. The number of fused-ring (bicyclic) bond motifs is 1. The van der Waals surface area contributed by atoms with E-state index in [0.29, 0.717) is 25.7 Å². The van der Waals surface area contributed by atoms with Crippen LogP contribution in [0.1, 0.15) is 12.5 Å². The molecular formula is C20H24ClN3O3. The van der Waals surface area contributed by atoms with E-state index in [1.54, 1.807) is 11.5 Å². The van der Waals surface area contributed by atoms with E-state index in [1.165, 1.54) is 0 Å². The summed E-state index contributed by atoms with van der Waals surface area (Å²) in [6, 6.07) is 15.7. The summed E-state index contributed by atoms with van der Waals surface area (Å²) < 4.78 is 14.6. The molecule has 0 atom stereocenters. The van der Waals surface area contributed by atoms with Crippen molar-refractivity contribution in [1.29, 1.82) is 0 Å². The third-order valence-electron chi connectivity index (χ3n) is 4.18. The van der Waals surface area contributed by atoms with Crippen LogP contribution in [0.15, 0.2) is 48.5 Å². The minimum absolute atomic E-state index is 0. The van der Waals surface area contributed by atoms with Crippen molar-refractivity contribution in [3.8, 4) is 5.75 Å². The maximum atomic E-state index is 11.9. The van der Waals surface area contributed by atoms with Crippen LogP contribution in [-0.2, 0) is 22.6 Å². The van der Waals surface area contributed by atoms with Gasteiger partial charge in [0.2, 0.25) is 0 Å². The first-order valence-electron chi connectivity index (χ1n) is 8.71. The molecule has 2 N–H and O–H groups in total. The number of imidazole rings is 1. The van der Waals surface area contributed by atoms with Gasteiger partial charge in [-0.25, -0.2) is 13.9 Å². The number of nitrogen functional groups attached to an aromatic ring is 1. The number of aromatic nitrogens is 2.